The molecule has 0 saturated heterocycles. The number of hydrogen-bond acceptors (Lipinski definition) is 6. The van der Waals surface area contributed by atoms with Crippen molar-refractivity contribution in [2.45, 2.75) is 78.9 Å². The summed E-state index contributed by atoms with van der Waals surface area (Å²) >= 11 is 0. The van der Waals surface area contributed by atoms with Gasteiger partial charge in [-0.05, 0) is 86.6 Å². The van der Waals surface area contributed by atoms with Gasteiger partial charge >= 0.3 is 0 Å². The molecule has 0 aliphatic heterocycles. The molecule has 9 heteroatoms. The molecule has 4 aromatic heterocycles. The molecule has 0 atom stereocenters. The molecule has 0 aliphatic rings. The maximum atomic E-state index is 5.67. The van der Waals surface area contributed by atoms with Gasteiger partial charge in [-0.25, -0.2) is 0 Å². The number of aromatic nitrogens is 7. The van der Waals surface area contributed by atoms with Crippen LogP contribution in [0.5, 0.6) is 17.2 Å². The minimum Gasteiger partial charge on any atom is -0.493 e. The Balaban J connectivity index is 0.000000176. The molecule has 42 heavy (non-hydrogen) atoms. The van der Waals surface area contributed by atoms with Gasteiger partial charge in [0.1, 0.15) is 5.75 Å². The van der Waals surface area contributed by atoms with Crippen LogP contribution in [-0.4, -0.2) is 41.4 Å². The molecular weight excluding hydrogens is 526 g/mol. The van der Waals surface area contributed by atoms with Gasteiger partial charge in [-0.1, -0.05) is 24.3 Å². The summed E-state index contributed by atoms with van der Waals surface area (Å²) in [5, 5.41) is 12.8. The van der Waals surface area contributed by atoms with Crippen molar-refractivity contribution in [1.29, 1.82) is 0 Å². The summed E-state index contributed by atoms with van der Waals surface area (Å²) in [4.78, 5) is 4.29. The Labute approximate surface area is 250 Å². The van der Waals surface area contributed by atoms with Crippen LogP contribution < -0.4 is 9.47 Å². The van der Waals surface area contributed by atoms with Crippen LogP contribution in [0.2, 0.25) is 0 Å². The van der Waals surface area contributed by atoms with Gasteiger partial charge in [0, 0.05) is 18.0 Å². The van der Waals surface area contributed by atoms with Crippen LogP contribution in [0.15, 0.2) is 91.9 Å². The Kier molecular flexibility index (Phi) is 10.3. The number of nitrogens with zero attached hydrogens (tertiary/aromatic N) is 7. The van der Waals surface area contributed by atoms with Crippen LogP contribution in [0.1, 0.15) is 62.3 Å². The smallest absolute Gasteiger partial charge is 0.165 e. The molecule has 0 bridgehead atoms. The maximum Gasteiger partial charge on any atom is 0.165 e. The molecular formula is C33H45N7O2. The summed E-state index contributed by atoms with van der Waals surface area (Å²) in [6.45, 7) is 19.0. The number of methoxy groups -OCH3 is 1. The monoisotopic (exact) mass is 571 g/mol. The van der Waals surface area contributed by atoms with E-state index in [-0.39, 0.29) is 16.6 Å². The molecule has 224 valence electrons. The highest BCUT2D eigenvalue weighted by Crippen LogP contribution is 2.23. The van der Waals surface area contributed by atoms with Crippen LogP contribution in [-0.2, 0) is 16.6 Å². The van der Waals surface area contributed by atoms with Gasteiger partial charge in [-0.2, -0.15) is 15.3 Å². The first-order valence-electron chi connectivity index (χ1n) is 14.0. The van der Waals surface area contributed by atoms with Crippen molar-refractivity contribution < 1.29 is 9.47 Å². The first-order valence-corrected chi connectivity index (χ1v) is 14.0. The molecule has 0 N–H and O–H groups in total. The third-order valence-corrected chi connectivity index (χ3v) is 5.94. The summed E-state index contributed by atoms with van der Waals surface area (Å²) in [6.07, 6.45) is 12.9. The van der Waals surface area contributed by atoms with Crippen LogP contribution in [0.25, 0.3) is 11.3 Å². The highest BCUT2D eigenvalue weighted by molar-refractivity contribution is 5.56. The molecule has 0 saturated carbocycles. The Morgan fingerprint density at radius 2 is 1.05 bits per heavy atom. The highest BCUT2D eigenvalue weighted by Gasteiger charge is 2.16. The van der Waals surface area contributed by atoms with Crippen molar-refractivity contribution in [2.75, 3.05) is 7.11 Å². The first kappa shape index (κ1) is 32.1. The van der Waals surface area contributed by atoms with E-state index in [4.69, 9.17) is 9.47 Å². The molecule has 0 fully saturated rings. The van der Waals surface area contributed by atoms with Crippen molar-refractivity contribution in [1.82, 2.24) is 34.3 Å². The standard InChI is InChI=1S/C13H16N2O.C12H15N3.C8H14N2O/c1-13(2,3)15-10-12(9-14-15)16-11-7-5-4-6-8-11;1-12(2,3)15-9-10(8-14-15)11-6-4-5-7-13-11;1-8(2,3)10-6-7(11-4)5-9-10/h4-10H,1-3H3;4-9H,1-3H3;5-6H,1-4H3. The average Bonchev–Trinajstić information content (AvgIpc) is 3.71. The largest absolute Gasteiger partial charge is 0.493 e. The molecule has 9 nitrogen and oxygen atoms in total. The predicted octanol–water partition coefficient (Wildman–Crippen LogP) is 7.78. The van der Waals surface area contributed by atoms with E-state index in [0.29, 0.717) is 0 Å². The summed E-state index contributed by atoms with van der Waals surface area (Å²) in [5.74, 6) is 2.40. The molecule has 0 spiro atoms. The van der Waals surface area contributed by atoms with Crippen molar-refractivity contribution in [3.63, 3.8) is 0 Å². The van der Waals surface area contributed by atoms with Gasteiger partial charge in [0.25, 0.3) is 0 Å². The molecule has 1 aromatic carbocycles. The number of pyridine rings is 1. The molecule has 0 radical (unpaired) electrons. The molecule has 0 amide bonds. The second-order valence-electron chi connectivity index (χ2n) is 12.8. The van der Waals surface area contributed by atoms with E-state index >= 15 is 0 Å². The molecule has 5 aromatic rings. The Morgan fingerprint density at radius 1 is 0.548 bits per heavy atom. The zero-order valence-corrected chi connectivity index (χ0v) is 26.6. The third kappa shape index (κ3) is 9.61. The summed E-state index contributed by atoms with van der Waals surface area (Å²) in [7, 11) is 1.64. The van der Waals surface area contributed by atoms with Crippen molar-refractivity contribution >= 4 is 0 Å². The predicted molar refractivity (Wildman–Crippen MR) is 168 cm³/mol. The van der Waals surface area contributed by atoms with Crippen LogP contribution in [0.3, 0.4) is 0 Å². The number of hydrogen-bond donors (Lipinski definition) is 0. The lowest BCUT2D eigenvalue weighted by Crippen LogP contribution is -2.21. The SMILES string of the molecule is CC(C)(C)n1cc(-c2ccccn2)cn1.CC(C)(C)n1cc(Oc2ccccc2)cn1.COc1cnn(C(C)(C)C)c1. The van der Waals surface area contributed by atoms with E-state index in [1.54, 1.807) is 25.7 Å². The topological polar surface area (TPSA) is 84.8 Å². The normalized spacial score (nSPS) is 11.6. The number of benzene rings is 1. The zero-order chi connectivity index (χ0) is 31.0. The Hall–Kier alpha value is -4.40. The van der Waals surface area contributed by atoms with Gasteiger partial charge in [0.2, 0.25) is 0 Å². The first-order chi connectivity index (χ1) is 19.7. The van der Waals surface area contributed by atoms with E-state index in [1.807, 2.05) is 87.4 Å². The van der Waals surface area contributed by atoms with Gasteiger partial charge in [-0.3, -0.25) is 19.0 Å². The fourth-order valence-electron chi connectivity index (χ4n) is 3.48. The fourth-order valence-corrected chi connectivity index (χ4v) is 3.48. The van der Waals surface area contributed by atoms with Gasteiger partial charge in [0.15, 0.2) is 11.5 Å². The second-order valence-corrected chi connectivity index (χ2v) is 12.8. The molecule has 0 aliphatic carbocycles. The van der Waals surface area contributed by atoms with Gasteiger partial charge in [-0.15, -0.1) is 0 Å². The number of para-hydroxylation sites is 1. The molecule has 0 unspecified atom stereocenters. The van der Waals surface area contributed by atoms with Gasteiger partial charge < -0.3 is 9.47 Å². The van der Waals surface area contributed by atoms with Crippen molar-refractivity contribution in [3.05, 3.63) is 91.9 Å². The van der Waals surface area contributed by atoms with Crippen LogP contribution in [0, 0.1) is 0 Å². The highest BCUT2D eigenvalue weighted by atomic mass is 16.5. The second kappa shape index (κ2) is 13.5. The lowest BCUT2D eigenvalue weighted by atomic mass is 10.1. The van der Waals surface area contributed by atoms with E-state index in [9.17, 15) is 0 Å². The van der Waals surface area contributed by atoms with E-state index < -0.39 is 0 Å². The van der Waals surface area contributed by atoms with Crippen molar-refractivity contribution in [3.8, 4) is 28.5 Å². The zero-order valence-electron chi connectivity index (χ0n) is 26.6. The fraction of sp³-hybridized carbons (Fsp3) is 0.394. The number of ether oxygens (including phenoxy) is 2. The minimum absolute atomic E-state index is 0.0156. The summed E-state index contributed by atoms with van der Waals surface area (Å²) in [6, 6.07) is 15.6. The summed E-state index contributed by atoms with van der Waals surface area (Å²) < 4.78 is 16.4. The third-order valence-electron chi connectivity index (χ3n) is 5.94. The van der Waals surface area contributed by atoms with E-state index in [0.717, 1.165) is 28.5 Å². The van der Waals surface area contributed by atoms with Crippen LogP contribution in [0.4, 0.5) is 0 Å². The number of rotatable bonds is 4. The molecule has 5 rings (SSSR count). The Morgan fingerprint density at radius 3 is 1.50 bits per heavy atom. The lowest BCUT2D eigenvalue weighted by molar-refractivity contribution is 0.351. The minimum atomic E-state index is -0.0156. The van der Waals surface area contributed by atoms with Crippen molar-refractivity contribution in [2.24, 2.45) is 0 Å². The van der Waals surface area contributed by atoms with Crippen LogP contribution >= 0.6 is 0 Å². The van der Waals surface area contributed by atoms with Gasteiger partial charge in [0.05, 0.1) is 60.4 Å². The average molecular weight is 572 g/mol. The maximum absolute atomic E-state index is 5.67. The van der Waals surface area contributed by atoms with E-state index in [2.05, 4.69) is 82.6 Å². The lowest BCUT2D eigenvalue weighted by Gasteiger charge is -2.18. The van der Waals surface area contributed by atoms with E-state index in [1.165, 1.54) is 0 Å². The Bertz CT molecular complexity index is 1480. The quantitative estimate of drug-likeness (QED) is 0.219. The summed E-state index contributed by atoms with van der Waals surface area (Å²) in [5.41, 5.74) is 2.07. The molecule has 4 heterocycles.